The van der Waals surface area contributed by atoms with Crippen molar-refractivity contribution >= 4 is 33.7 Å². The van der Waals surface area contributed by atoms with Gasteiger partial charge in [0, 0.05) is 22.0 Å². The summed E-state index contributed by atoms with van der Waals surface area (Å²) in [7, 11) is 0. The van der Waals surface area contributed by atoms with Gasteiger partial charge in [-0.1, -0.05) is 52.0 Å². The second-order valence-electron chi connectivity index (χ2n) is 7.07. The van der Waals surface area contributed by atoms with Crippen LogP contribution in [0.2, 0.25) is 0 Å². The van der Waals surface area contributed by atoms with Gasteiger partial charge in [-0.25, -0.2) is 0 Å². The number of rotatable bonds is 7. The third-order valence-corrected chi connectivity index (χ3v) is 6.57. The molecule has 2 atom stereocenters. The van der Waals surface area contributed by atoms with Gasteiger partial charge in [0.1, 0.15) is 0 Å². The lowest BCUT2D eigenvalue weighted by Crippen LogP contribution is -2.44. The van der Waals surface area contributed by atoms with Crippen molar-refractivity contribution in [2.24, 2.45) is 0 Å². The highest BCUT2D eigenvalue weighted by atomic mass is 35.5. The molecule has 0 amide bonds. The highest BCUT2D eigenvalue weighted by Gasteiger charge is 2.44. The molecule has 0 saturated heterocycles. The van der Waals surface area contributed by atoms with Crippen molar-refractivity contribution < 1.29 is 9.59 Å². The Labute approximate surface area is 165 Å². The fourth-order valence-electron chi connectivity index (χ4n) is 3.76. The molecule has 2 unspecified atom stereocenters. The van der Waals surface area contributed by atoms with E-state index in [-0.39, 0.29) is 10.8 Å². The van der Waals surface area contributed by atoms with Crippen molar-refractivity contribution in [2.75, 3.05) is 0 Å². The molecule has 0 spiro atoms. The third-order valence-electron chi connectivity index (χ3n) is 6.13. The number of halogens is 2. The Morgan fingerprint density at radius 3 is 1.15 bits per heavy atom. The maximum absolute atomic E-state index is 11.4. The summed E-state index contributed by atoms with van der Waals surface area (Å²) in [6.07, 6.45) is 1.84. The molecule has 0 aliphatic heterocycles. The molecule has 2 aromatic carbocycles. The van der Waals surface area contributed by atoms with Crippen LogP contribution in [0.3, 0.4) is 0 Å². The zero-order valence-corrected chi connectivity index (χ0v) is 17.1. The van der Waals surface area contributed by atoms with Crippen LogP contribution < -0.4 is 0 Å². The molecule has 138 valence electrons. The van der Waals surface area contributed by atoms with E-state index in [1.165, 1.54) is 0 Å². The zero-order valence-electron chi connectivity index (χ0n) is 15.6. The smallest absolute Gasteiger partial charge is 0.252 e. The van der Waals surface area contributed by atoms with E-state index < -0.39 is 10.5 Å². The quantitative estimate of drug-likeness (QED) is 0.506. The molecule has 2 nitrogen and oxygen atoms in total. The summed E-state index contributed by atoms with van der Waals surface area (Å²) in [5, 5.41) is -0.899. The number of hydrogen-bond donors (Lipinski definition) is 0. The summed E-state index contributed by atoms with van der Waals surface area (Å²) in [6.45, 7) is 8.83. The standard InChI is InChI=1S/C22H24Cl2O2/c1-5-21(3,17-11-7-15(8-12-17)19(23)25)22(4,6-2)18-13-9-16(10-14-18)20(24)26/h7-14H,5-6H2,1-4H3. The third kappa shape index (κ3) is 3.58. The van der Waals surface area contributed by atoms with Crippen LogP contribution in [0.15, 0.2) is 48.5 Å². The maximum Gasteiger partial charge on any atom is 0.252 e. The summed E-state index contributed by atoms with van der Waals surface area (Å²) in [6, 6.07) is 15.1. The maximum atomic E-state index is 11.4. The summed E-state index contributed by atoms with van der Waals surface area (Å²) < 4.78 is 0. The minimum Gasteiger partial charge on any atom is -0.276 e. The first-order valence-electron chi connectivity index (χ1n) is 8.80. The van der Waals surface area contributed by atoms with Crippen LogP contribution in [0.1, 0.15) is 72.4 Å². The second kappa shape index (κ2) is 7.94. The van der Waals surface area contributed by atoms with Gasteiger partial charge in [0.2, 0.25) is 0 Å². The normalized spacial score (nSPS) is 15.8. The lowest BCUT2D eigenvalue weighted by atomic mass is 9.56. The monoisotopic (exact) mass is 390 g/mol. The van der Waals surface area contributed by atoms with Crippen LogP contribution in [0.25, 0.3) is 0 Å². The molecule has 0 fully saturated rings. The fraction of sp³-hybridized carbons (Fsp3) is 0.364. The van der Waals surface area contributed by atoms with E-state index in [1.807, 2.05) is 24.3 Å². The number of carbonyl (C=O) groups is 2. The van der Waals surface area contributed by atoms with Gasteiger partial charge in [0.05, 0.1) is 0 Å². The van der Waals surface area contributed by atoms with Crippen molar-refractivity contribution in [3.05, 3.63) is 70.8 Å². The largest absolute Gasteiger partial charge is 0.276 e. The van der Waals surface area contributed by atoms with Crippen molar-refractivity contribution in [1.29, 1.82) is 0 Å². The van der Waals surface area contributed by atoms with Gasteiger partial charge in [-0.15, -0.1) is 0 Å². The Morgan fingerprint density at radius 2 is 0.962 bits per heavy atom. The van der Waals surface area contributed by atoms with Crippen LogP contribution in [0.5, 0.6) is 0 Å². The van der Waals surface area contributed by atoms with E-state index in [0.29, 0.717) is 11.1 Å². The average Bonchev–Trinajstić information content (AvgIpc) is 2.66. The zero-order chi connectivity index (χ0) is 19.5. The van der Waals surface area contributed by atoms with Gasteiger partial charge in [-0.05, 0) is 71.4 Å². The molecular formula is C22H24Cl2O2. The van der Waals surface area contributed by atoms with Crippen molar-refractivity contribution in [2.45, 2.75) is 51.4 Å². The summed E-state index contributed by atoms with van der Waals surface area (Å²) >= 11 is 11.2. The Hall–Kier alpha value is -1.64. The second-order valence-corrected chi connectivity index (χ2v) is 7.76. The molecule has 0 aromatic heterocycles. The van der Waals surface area contributed by atoms with Gasteiger partial charge in [-0.2, -0.15) is 0 Å². The number of carbonyl (C=O) groups excluding carboxylic acids is 2. The fourth-order valence-corrected chi connectivity index (χ4v) is 4.02. The van der Waals surface area contributed by atoms with Crippen LogP contribution in [-0.4, -0.2) is 10.5 Å². The van der Waals surface area contributed by atoms with Crippen LogP contribution in [0.4, 0.5) is 0 Å². The number of benzene rings is 2. The van der Waals surface area contributed by atoms with Crippen molar-refractivity contribution in [3.8, 4) is 0 Å². The molecule has 0 N–H and O–H groups in total. The van der Waals surface area contributed by atoms with Crippen molar-refractivity contribution in [1.82, 2.24) is 0 Å². The predicted octanol–water partition coefficient (Wildman–Crippen LogP) is 6.48. The van der Waals surface area contributed by atoms with Gasteiger partial charge >= 0.3 is 0 Å². The lowest BCUT2D eigenvalue weighted by Gasteiger charge is -2.47. The molecule has 0 aliphatic rings. The van der Waals surface area contributed by atoms with E-state index >= 15 is 0 Å². The van der Waals surface area contributed by atoms with E-state index in [9.17, 15) is 9.59 Å². The highest BCUT2D eigenvalue weighted by Crippen LogP contribution is 2.48. The summed E-state index contributed by atoms with van der Waals surface area (Å²) in [5.74, 6) is 0. The molecule has 0 heterocycles. The van der Waals surface area contributed by atoms with Gasteiger partial charge < -0.3 is 0 Å². The van der Waals surface area contributed by atoms with E-state index in [1.54, 1.807) is 24.3 Å². The molecule has 0 bridgehead atoms. The number of hydrogen-bond acceptors (Lipinski definition) is 2. The molecule has 26 heavy (non-hydrogen) atoms. The van der Waals surface area contributed by atoms with E-state index in [4.69, 9.17) is 23.2 Å². The minimum atomic E-state index is -0.450. The molecule has 0 radical (unpaired) electrons. The summed E-state index contributed by atoms with van der Waals surface area (Å²) in [5.41, 5.74) is 2.98. The first-order valence-corrected chi connectivity index (χ1v) is 9.56. The molecule has 2 rings (SSSR count). The highest BCUT2D eigenvalue weighted by molar-refractivity contribution is 6.68. The van der Waals surface area contributed by atoms with E-state index in [0.717, 1.165) is 24.0 Å². The molecule has 0 saturated carbocycles. The Morgan fingerprint density at radius 1 is 0.692 bits per heavy atom. The molecule has 2 aromatic rings. The van der Waals surface area contributed by atoms with Crippen LogP contribution >= 0.6 is 23.2 Å². The van der Waals surface area contributed by atoms with E-state index in [2.05, 4.69) is 27.7 Å². The molecule has 0 aliphatic carbocycles. The lowest BCUT2D eigenvalue weighted by molar-refractivity contribution is 0.107. The predicted molar refractivity (Wildman–Crippen MR) is 109 cm³/mol. The molecular weight excluding hydrogens is 367 g/mol. The first-order chi connectivity index (χ1) is 12.2. The molecule has 4 heteroatoms. The van der Waals surface area contributed by atoms with Crippen molar-refractivity contribution in [3.63, 3.8) is 0 Å². The SMILES string of the molecule is CCC(C)(c1ccc(C(=O)Cl)cc1)C(C)(CC)c1ccc(C(=O)Cl)cc1. The minimum absolute atomic E-state index is 0.165. The van der Waals surface area contributed by atoms with Gasteiger partial charge in [-0.3, -0.25) is 9.59 Å². The average molecular weight is 391 g/mol. The summed E-state index contributed by atoms with van der Waals surface area (Å²) in [4.78, 5) is 22.7. The Balaban J connectivity index is 2.54. The van der Waals surface area contributed by atoms with Gasteiger partial charge in [0.15, 0.2) is 0 Å². The Bertz CT molecular complexity index is 726. The van der Waals surface area contributed by atoms with Crippen LogP contribution in [0, 0.1) is 0 Å². The first kappa shape index (κ1) is 20.7. The topological polar surface area (TPSA) is 34.1 Å². The van der Waals surface area contributed by atoms with Gasteiger partial charge in [0.25, 0.3) is 10.5 Å². The van der Waals surface area contributed by atoms with Crippen LogP contribution in [-0.2, 0) is 10.8 Å². The Kier molecular flexibility index (Phi) is 6.31.